The number of hydrogen-bond donors (Lipinski definition) is 1. The predicted molar refractivity (Wildman–Crippen MR) is 99.2 cm³/mol. The van der Waals surface area contributed by atoms with E-state index in [9.17, 15) is 4.79 Å². The van der Waals surface area contributed by atoms with Gasteiger partial charge in [-0.3, -0.25) is 4.79 Å². The smallest absolute Gasteiger partial charge is 0.232 e. The fourth-order valence-electron chi connectivity index (χ4n) is 3.27. The van der Waals surface area contributed by atoms with Crippen LogP contribution >= 0.6 is 24.2 Å². The third kappa shape index (κ3) is 3.28. The largest absolute Gasteiger partial charge is 0.339 e. The van der Waals surface area contributed by atoms with Crippen LogP contribution in [-0.4, -0.2) is 28.8 Å². The molecule has 0 spiro atoms. The second kappa shape index (κ2) is 6.97. The molecule has 4 rings (SSSR count). The van der Waals surface area contributed by atoms with Gasteiger partial charge in [-0.25, -0.2) is 0 Å². The van der Waals surface area contributed by atoms with Gasteiger partial charge in [0.15, 0.2) is 5.82 Å². The van der Waals surface area contributed by atoms with Crippen molar-refractivity contribution < 1.29 is 9.32 Å². The van der Waals surface area contributed by atoms with Gasteiger partial charge < -0.3 is 15.2 Å². The van der Waals surface area contributed by atoms with E-state index >= 15 is 0 Å². The van der Waals surface area contributed by atoms with Crippen molar-refractivity contribution in [1.82, 2.24) is 10.1 Å². The molecule has 1 aliphatic carbocycles. The van der Waals surface area contributed by atoms with Gasteiger partial charge in [0, 0.05) is 23.5 Å². The van der Waals surface area contributed by atoms with Crippen molar-refractivity contribution in [3.05, 3.63) is 36.0 Å². The minimum Gasteiger partial charge on any atom is -0.339 e. The summed E-state index contributed by atoms with van der Waals surface area (Å²) < 4.78 is 5.42. The monoisotopic (exact) mass is 380 g/mol. The molecule has 6 nitrogen and oxygen atoms in total. The Morgan fingerprint density at radius 1 is 1.32 bits per heavy atom. The van der Waals surface area contributed by atoms with Crippen molar-refractivity contribution >= 4 is 35.8 Å². The van der Waals surface area contributed by atoms with E-state index in [0.717, 1.165) is 24.9 Å². The topological polar surface area (TPSA) is 85.2 Å². The Hall–Kier alpha value is -1.57. The van der Waals surface area contributed by atoms with Gasteiger partial charge in [0.2, 0.25) is 11.8 Å². The summed E-state index contributed by atoms with van der Waals surface area (Å²) in [5.74, 6) is 1.13. The van der Waals surface area contributed by atoms with Crippen LogP contribution in [-0.2, 0) is 10.3 Å². The molecule has 2 aromatic rings. The average molecular weight is 381 g/mol. The van der Waals surface area contributed by atoms with E-state index < -0.39 is 5.54 Å². The Morgan fingerprint density at radius 2 is 2.04 bits per heavy atom. The summed E-state index contributed by atoms with van der Waals surface area (Å²) in [6, 6.07) is 8.02. The van der Waals surface area contributed by atoms with Crippen LogP contribution < -0.4 is 10.6 Å². The molecule has 1 saturated heterocycles. The fraction of sp³-hybridized carbons (Fsp3) is 0.471. The van der Waals surface area contributed by atoms with Crippen LogP contribution in [0.1, 0.15) is 43.3 Å². The molecular weight excluding hydrogens is 360 g/mol. The van der Waals surface area contributed by atoms with Crippen molar-refractivity contribution in [3.63, 3.8) is 0 Å². The number of nitrogens with zero attached hydrogens (tertiary/aromatic N) is 3. The third-order valence-electron chi connectivity index (χ3n) is 4.99. The molecule has 2 heterocycles. The molecule has 2 aliphatic rings. The number of benzene rings is 1. The second-order valence-corrected chi connectivity index (χ2v) is 7.45. The van der Waals surface area contributed by atoms with E-state index in [1.54, 1.807) is 16.7 Å². The number of nitrogens with two attached hydrogens (primary N) is 1. The highest BCUT2D eigenvalue weighted by Crippen LogP contribution is 2.38. The summed E-state index contributed by atoms with van der Waals surface area (Å²) in [7, 11) is 0. The first-order valence-corrected chi connectivity index (χ1v) is 9.39. The Balaban J connectivity index is 0.00000182. The Bertz CT molecular complexity index is 760. The number of halogens is 1. The molecule has 1 aliphatic heterocycles. The Labute approximate surface area is 156 Å². The van der Waals surface area contributed by atoms with E-state index in [0.29, 0.717) is 24.7 Å². The van der Waals surface area contributed by atoms with Crippen LogP contribution in [0.3, 0.4) is 0 Å². The number of thioether (sulfide) groups is 1. The standard InChI is InChI=1S/C17H20N4O2S.ClH/c1-24-13-5-3-12(4-6-13)21-10-11(9-14(21)22)15-19-16(20-23-15)17(18)7-2-8-17;/h3-6,11H,2,7-10,18H2,1H3;1H. The molecule has 1 saturated carbocycles. The minimum absolute atomic E-state index is 0. The van der Waals surface area contributed by atoms with Crippen LogP contribution in [0.25, 0.3) is 0 Å². The lowest BCUT2D eigenvalue weighted by atomic mass is 9.77. The molecule has 1 amide bonds. The maximum Gasteiger partial charge on any atom is 0.232 e. The van der Waals surface area contributed by atoms with Gasteiger partial charge in [0.25, 0.3) is 0 Å². The van der Waals surface area contributed by atoms with Gasteiger partial charge in [-0.2, -0.15) is 4.98 Å². The summed E-state index contributed by atoms with van der Waals surface area (Å²) >= 11 is 1.68. The average Bonchev–Trinajstić information content (AvgIpc) is 3.20. The lowest BCUT2D eigenvalue weighted by molar-refractivity contribution is -0.117. The third-order valence-corrected chi connectivity index (χ3v) is 5.73. The highest BCUT2D eigenvalue weighted by atomic mass is 35.5. The molecule has 0 bridgehead atoms. The zero-order valence-corrected chi connectivity index (χ0v) is 15.6. The highest BCUT2D eigenvalue weighted by Gasteiger charge is 2.41. The summed E-state index contributed by atoms with van der Waals surface area (Å²) in [4.78, 5) is 19.9. The van der Waals surface area contributed by atoms with E-state index in [-0.39, 0.29) is 24.2 Å². The molecule has 1 atom stereocenters. The molecule has 2 fully saturated rings. The van der Waals surface area contributed by atoms with E-state index in [2.05, 4.69) is 10.1 Å². The number of amides is 1. The SMILES string of the molecule is CSc1ccc(N2CC(c3nc(C4(N)CCC4)no3)CC2=O)cc1.Cl. The zero-order valence-electron chi connectivity index (χ0n) is 14.0. The molecule has 2 N–H and O–H groups in total. The van der Waals surface area contributed by atoms with Gasteiger partial charge in [0.1, 0.15) is 0 Å². The van der Waals surface area contributed by atoms with Crippen LogP contribution in [0.4, 0.5) is 5.69 Å². The van der Waals surface area contributed by atoms with Crippen LogP contribution in [0.15, 0.2) is 33.7 Å². The lowest BCUT2D eigenvalue weighted by Crippen LogP contribution is -2.44. The molecule has 1 unspecified atom stereocenters. The van der Waals surface area contributed by atoms with Crippen molar-refractivity contribution in [1.29, 1.82) is 0 Å². The van der Waals surface area contributed by atoms with Crippen LogP contribution in [0.5, 0.6) is 0 Å². The Kier molecular flexibility index (Phi) is 5.09. The first-order chi connectivity index (χ1) is 11.6. The lowest BCUT2D eigenvalue weighted by Gasteiger charge is -2.34. The number of carbonyl (C=O) groups excluding carboxylic acids is 1. The number of anilines is 1. The summed E-state index contributed by atoms with van der Waals surface area (Å²) in [6.07, 6.45) is 5.31. The van der Waals surface area contributed by atoms with E-state index in [4.69, 9.17) is 10.3 Å². The van der Waals surface area contributed by atoms with Gasteiger partial charge >= 0.3 is 0 Å². The van der Waals surface area contributed by atoms with Gasteiger partial charge in [-0.1, -0.05) is 5.16 Å². The molecule has 1 aromatic carbocycles. The Morgan fingerprint density at radius 3 is 2.64 bits per heavy atom. The normalized spacial score (nSPS) is 21.8. The van der Waals surface area contributed by atoms with Crippen molar-refractivity contribution in [2.75, 3.05) is 17.7 Å². The number of carbonyl (C=O) groups is 1. The van der Waals surface area contributed by atoms with E-state index in [1.165, 1.54) is 4.90 Å². The summed E-state index contributed by atoms with van der Waals surface area (Å²) in [6.45, 7) is 0.566. The predicted octanol–water partition coefficient (Wildman–Crippen LogP) is 3.07. The second-order valence-electron chi connectivity index (χ2n) is 6.57. The zero-order chi connectivity index (χ0) is 16.7. The van der Waals surface area contributed by atoms with Crippen molar-refractivity contribution in [2.24, 2.45) is 5.73 Å². The molecule has 25 heavy (non-hydrogen) atoms. The maximum atomic E-state index is 12.4. The number of rotatable bonds is 4. The van der Waals surface area contributed by atoms with Crippen LogP contribution in [0.2, 0.25) is 0 Å². The molecule has 8 heteroatoms. The number of hydrogen-bond acceptors (Lipinski definition) is 6. The number of aromatic nitrogens is 2. The molecule has 0 radical (unpaired) electrons. The highest BCUT2D eigenvalue weighted by molar-refractivity contribution is 7.98. The summed E-state index contributed by atoms with van der Waals surface area (Å²) in [5.41, 5.74) is 6.72. The minimum atomic E-state index is -0.433. The van der Waals surface area contributed by atoms with E-state index in [1.807, 2.05) is 30.5 Å². The van der Waals surface area contributed by atoms with Crippen molar-refractivity contribution in [3.8, 4) is 0 Å². The van der Waals surface area contributed by atoms with Gasteiger partial charge in [0.05, 0.1) is 11.5 Å². The van der Waals surface area contributed by atoms with Crippen molar-refractivity contribution in [2.45, 2.75) is 42.0 Å². The van der Waals surface area contributed by atoms with Gasteiger partial charge in [-0.15, -0.1) is 24.2 Å². The summed E-state index contributed by atoms with van der Waals surface area (Å²) in [5, 5.41) is 4.06. The van der Waals surface area contributed by atoms with Crippen LogP contribution in [0, 0.1) is 0 Å². The molecular formula is C17H21ClN4O2S. The molecule has 134 valence electrons. The maximum absolute atomic E-state index is 12.4. The first kappa shape index (κ1) is 18.2. The fourth-order valence-corrected chi connectivity index (χ4v) is 3.68. The first-order valence-electron chi connectivity index (χ1n) is 8.16. The van der Waals surface area contributed by atoms with Gasteiger partial charge in [-0.05, 0) is 49.8 Å². The quantitative estimate of drug-likeness (QED) is 0.820. The molecule has 1 aromatic heterocycles.